The molecule has 0 saturated carbocycles. The summed E-state index contributed by atoms with van der Waals surface area (Å²) in [5.74, 6) is -4.39. The largest absolute Gasteiger partial charge is 0.472 e. The van der Waals surface area contributed by atoms with Crippen LogP contribution in [0, 0.1) is 0 Å². The molecular weight excluding hydrogens is 402 g/mol. The quantitative estimate of drug-likeness (QED) is 0.563. The first-order chi connectivity index (χ1) is 13.1. The van der Waals surface area contributed by atoms with Gasteiger partial charge in [0, 0.05) is 29.4 Å². The minimum Gasteiger partial charge on any atom is -0.472 e. The second-order valence-corrected chi connectivity index (χ2v) is 7.03. The van der Waals surface area contributed by atoms with E-state index in [1.54, 1.807) is 24.0 Å². The van der Waals surface area contributed by atoms with Gasteiger partial charge in [0.15, 0.2) is 12.5 Å². The number of fused-ring (bicyclic) bond motifs is 1. The van der Waals surface area contributed by atoms with Crippen LogP contribution in [0.2, 0.25) is 5.15 Å². The lowest BCUT2D eigenvalue weighted by Crippen LogP contribution is -2.40. The Labute approximate surface area is 164 Å². The zero-order valence-electron chi connectivity index (χ0n) is 15.1. The molecule has 2 aliphatic rings. The molecule has 1 aromatic heterocycles. The molecule has 1 atom stereocenters. The van der Waals surface area contributed by atoms with Crippen LogP contribution in [-0.4, -0.2) is 47.3 Å². The molecule has 3 rings (SSSR count). The van der Waals surface area contributed by atoms with Crippen LogP contribution >= 0.6 is 11.6 Å². The first kappa shape index (κ1) is 20.4. The molecule has 1 N–H and O–H groups in total. The van der Waals surface area contributed by atoms with Crippen LogP contribution in [0.3, 0.4) is 0 Å². The van der Waals surface area contributed by atoms with E-state index in [1.807, 2.05) is 6.92 Å². The van der Waals surface area contributed by atoms with Gasteiger partial charge in [-0.15, -0.1) is 0 Å². The summed E-state index contributed by atoms with van der Waals surface area (Å²) >= 11 is 6.07. The molecule has 0 aliphatic carbocycles. The van der Waals surface area contributed by atoms with E-state index >= 15 is 0 Å². The number of alkyl halides is 4. The average molecular weight is 420 g/mol. The third kappa shape index (κ3) is 3.80. The van der Waals surface area contributed by atoms with Gasteiger partial charge >= 0.3 is 12.3 Å². The molecule has 1 aromatic rings. The lowest BCUT2D eigenvalue weighted by molar-refractivity contribution is -0.159. The number of hydrogen-bond donors (Lipinski definition) is 1. The van der Waals surface area contributed by atoms with Crippen molar-refractivity contribution >= 4 is 17.5 Å². The van der Waals surface area contributed by atoms with Gasteiger partial charge in [-0.25, -0.2) is 13.8 Å². The first-order valence-corrected chi connectivity index (χ1v) is 8.88. The number of carbonyl (C=O) groups excluding carboxylic acids is 1. The van der Waals surface area contributed by atoms with Gasteiger partial charge < -0.3 is 15.0 Å². The monoisotopic (exact) mass is 419 g/mol. The van der Waals surface area contributed by atoms with Crippen LogP contribution in [0.25, 0.3) is 0 Å². The third-order valence-corrected chi connectivity index (χ3v) is 5.09. The SMILES string of the molecule is CC1=C(OCC(F)(F)C(F)F)NCC(C(C)N2Cc3c(ccnc3Cl)C2=O)=C1. The summed E-state index contributed by atoms with van der Waals surface area (Å²) < 4.78 is 55.4. The maximum Gasteiger partial charge on any atom is 0.340 e. The van der Waals surface area contributed by atoms with Crippen LogP contribution in [0.5, 0.6) is 0 Å². The highest BCUT2D eigenvalue weighted by Gasteiger charge is 2.42. The summed E-state index contributed by atoms with van der Waals surface area (Å²) in [6, 6.07) is 1.31. The number of hydrogen-bond acceptors (Lipinski definition) is 4. The summed E-state index contributed by atoms with van der Waals surface area (Å²) in [7, 11) is 0. The topological polar surface area (TPSA) is 54.5 Å². The van der Waals surface area contributed by atoms with E-state index < -0.39 is 19.0 Å². The Morgan fingerprint density at radius 2 is 2.14 bits per heavy atom. The number of aromatic nitrogens is 1. The Morgan fingerprint density at radius 3 is 2.75 bits per heavy atom. The highest BCUT2D eigenvalue weighted by Crippen LogP contribution is 2.31. The molecule has 2 aliphatic heterocycles. The minimum absolute atomic E-state index is 0.0135. The predicted octanol–water partition coefficient (Wildman–Crippen LogP) is 3.76. The second kappa shape index (κ2) is 7.62. The minimum atomic E-state index is -4.23. The van der Waals surface area contributed by atoms with Crippen molar-refractivity contribution in [1.29, 1.82) is 0 Å². The summed E-state index contributed by atoms with van der Waals surface area (Å²) in [5.41, 5.74) is 2.45. The Balaban J connectivity index is 1.73. The van der Waals surface area contributed by atoms with Crippen LogP contribution < -0.4 is 5.32 Å². The number of rotatable bonds is 6. The highest BCUT2D eigenvalue weighted by atomic mass is 35.5. The van der Waals surface area contributed by atoms with Crippen LogP contribution in [0.4, 0.5) is 17.6 Å². The van der Waals surface area contributed by atoms with Gasteiger partial charge in [0.05, 0.1) is 12.6 Å². The number of amides is 1. The van der Waals surface area contributed by atoms with Crippen molar-refractivity contribution in [2.45, 2.75) is 38.8 Å². The molecule has 0 saturated heterocycles. The molecule has 1 unspecified atom stereocenters. The number of halogens is 5. The zero-order valence-corrected chi connectivity index (χ0v) is 15.9. The number of carbonyl (C=O) groups is 1. The fourth-order valence-electron chi connectivity index (χ4n) is 3.11. The Bertz CT molecular complexity index is 857. The zero-order chi connectivity index (χ0) is 20.6. The maximum atomic E-state index is 13.0. The Morgan fingerprint density at radius 1 is 1.43 bits per heavy atom. The number of allylic oxidation sites excluding steroid dienone is 2. The number of nitrogens with zero attached hydrogens (tertiary/aromatic N) is 2. The number of ether oxygens (including phenoxy) is 1. The first-order valence-electron chi connectivity index (χ1n) is 8.50. The van der Waals surface area contributed by atoms with E-state index in [1.165, 1.54) is 6.20 Å². The highest BCUT2D eigenvalue weighted by molar-refractivity contribution is 6.30. The van der Waals surface area contributed by atoms with Gasteiger partial charge in [-0.2, -0.15) is 8.78 Å². The maximum absolute atomic E-state index is 13.0. The fraction of sp³-hybridized carbons (Fsp3) is 0.444. The molecule has 28 heavy (non-hydrogen) atoms. The number of nitrogens with one attached hydrogen (secondary N) is 1. The van der Waals surface area contributed by atoms with Gasteiger partial charge in [-0.1, -0.05) is 17.7 Å². The Hall–Kier alpha value is -2.29. The van der Waals surface area contributed by atoms with Crippen molar-refractivity contribution in [3.05, 3.63) is 51.6 Å². The molecule has 5 nitrogen and oxygen atoms in total. The van der Waals surface area contributed by atoms with Gasteiger partial charge in [0.1, 0.15) is 5.15 Å². The van der Waals surface area contributed by atoms with Gasteiger partial charge in [0.25, 0.3) is 5.91 Å². The van der Waals surface area contributed by atoms with Gasteiger partial charge in [-0.3, -0.25) is 4.79 Å². The summed E-state index contributed by atoms with van der Waals surface area (Å²) in [6.45, 7) is 2.56. The molecule has 0 aromatic carbocycles. The lowest BCUT2D eigenvalue weighted by atomic mass is 10.0. The summed E-state index contributed by atoms with van der Waals surface area (Å²) in [5, 5.41) is 3.10. The van der Waals surface area contributed by atoms with Gasteiger partial charge in [-0.05, 0) is 25.5 Å². The molecule has 10 heteroatoms. The molecule has 1 amide bonds. The van der Waals surface area contributed by atoms with Crippen molar-refractivity contribution in [2.24, 2.45) is 0 Å². The summed E-state index contributed by atoms with van der Waals surface area (Å²) in [4.78, 5) is 18.3. The van der Waals surface area contributed by atoms with E-state index in [9.17, 15) is 22.4 Å². The number of dihydropyridines is 1. The molecule has 3 heterocycles. The second-order valence-electron chi connectivity index (χ2n) is 6.67. The molecule has 0 spiro atoms. The van der Waals surface area contributed by atoms with Crippen LogP contribution in [-0.2, 0) is 11.3 Å². The standard InChI is InChI=1S/C18H18ClF4N3O2/c1-9-5-11(6-25-15(9)28-8-18(22,23)17(20)21)10(2)26-7-13-12(16(26)27)3-4-24-14(13)19/h3-5,10,17,25H,6-8H2,1-2H3. The van der Waals surface area contributed by atoms with E-state index in [0.717, 1.165) is 5.57 Å². The predicted molar refractivity (Wildman–Crippen MR) is 94.3 cm³/mol. The molecule has 0 radical (unpaired) electrons. The molecule has 0 bridgehead atoms. The average Bonchev–Trinajstić information content (AvgIpc) is 2.98. The summed E-state index contributed by atoms with van der Waals surface area (Å²) in [6.07, 6.45) is -0.625. The van der Waals surface area contributed by atoms with E-state index in [4.69, 9.17) is 16.3 Å². The normalized spacial score (nSPS) is 18.2. The van der Waals surface area contributed by atoms with Crippen molar-refractivity contribution in [1.82, 2.24) is 15.2 Å². The number of pyridine rings is 1. The van der Waals surface area contributed by atoms with E-state index in [-0.39, 0.29) is 29.5 Å². The van der Waals surface area contributed by atoms with Crippen molar-refractivity contribution in [2.75, 3.05) is 13.2 Å². The molecule has 0 fully saturated rings. The van der Waals surface area contributed by atoms with E-state index in [0.29, 0.717) is 23.2 Å². The van der Waals surface area contributed by atoms with Gasteiger partial charge in [0.2, 0.25) is 0 Å². The molecule has 152 valence electrons. The van der Waals surface area contributed by atoms with Crippen molar-refractivity contribution in [3.8, 4) is 0 Å². The fourth-order valence-corrected chi connectivity index (χ4v) is 3.33. The van der Waals surface area contributed by atoms with Crippen molar-refractivity contribution in [3.63, 3.8) is 0 Å². The Kier molecular flexibility index (Phi) is 5.56. The van der Waals surface area contributed by atoms with Crippen molar-refractivity contribution < 1.29 is 27.1 Å². The third-order valence-electron chi connectivity index (χ3n) is 4.77. The van der Waals surface area contributed by atoms with Crippen LogP contribution in [0.1, 0.15) is 29.8 Å². The van der Waals surface area contributed by atoms with Crippen LogP contribution in [0.15, 0.2) is 35.4 Å². The lowest BCUT2D eigenvalue weighted by Gasteiger charge is -2.30. The molecular formula is C18H18ClF4N3O2. The smallest absolute Gasteiger partial charge is 0.340 e. The van der Waals surface area contributed by atoms with E-state index in [2.05, 4.69) is 10.3 Å².